The molecule has 1 unspecified atom stereocenters. The Morgan fingerprint density at radius 3 is 2.52 bits per heavy atom. The van der Waals surface area contributed by atoms with E-state index in [2.05, 4.69) is 0 Å². The van der Waals surface area contributed by atoms with Crippen molar-refractivity contribution < 1.29 is 22.7 Å². The lowest BCUT2D eigenvalue weighted by Crippen LogP contribution is -2.22. The van der Waals surface area contributed by atoms with Crippen LogP contribution in [0.4, 0.5) is 0 Å². The first-order valence-corrected chi connectivity index (χ1v) is 8.28. The van der Waals surface area contributed by atoms with Gasteiger partial charge >= 0.3 is 5.97 Å². The maximum Gasteiger partial charge on any atom is 0.338 e. The number of ether oxygens (including phenoxy) is 2. The summed E-state index contributed by atoms with van der Waals surface area (Å²) in [4.78, 5) is 12.1. The molecular weight excluding hydrogens is 294 g/mol. The van der Waals surface area contributed by atoms with Crippen molar-refractivity contribution in [1.29, 1.82) is 0 Å². The van der Waals surface area contributed by atoms with E-state index in [-0.39, 0.29) is 10.5 Å². The molecule has 1 rings (SSSR count). The standard InChI is InChI=1S/C14H21NO5S/c1-4-11-6-7-12(21(15,17)18)8-13(11)14(16)20-10(3)9-19-5-2/h6-8,10H,4-5,9H2,1-3H3,(H2,15,17,18). The largest absolute Gasteiger partial charge is 0.457 e. The number of hydrogen-bond acceptors (Lipinski definition) is 5. The van der Waals surface area contributed by atoms with Gasteiger partial charge in [0.1, 0.15) is 6.10 Å². The summed E-state index contributed by atoms with van der Waals surface area (Å²) in [6, 6.07) is 4.21. The Morgan fingerprint density at radius 2 is 2.00 bits per heavy atom. The normalized spacial score (nSPS) is 13.0. The SMILES string of the molecule is CCOCC(C)OC(=O)c1cc(S(N)(=O)=O)ccc1CC. The van der Waals surface area contributed by atoms with Crippen LogP contribution in [0.15, 0.2) is 23.1 Å². The second kappa shape index (κ2) is 7.53. The summed E-state index contributed by atoms with van der Waals surface area (Å²) in [5.41, 5.74) is 0.920. The molecule has 0 amide bonds. The zero-order valence-electron chi connectivity index (χ0n) is 12.5. The third-order valence-corrected chi connectivity index (χ3v) is 3.79. The summed E-state index contributed by atoms with van der Waals surface area (Å²) in [5, 5.41) is 5.08. The molecule has 0 spiro atoms. The Hall–Kier alpha value is -1.44. The van der Waals surface area contributed by atoms with Crippen LogP contribution >= 0.6 is 0 Å². The van der Waals surface area contributed by atoms with Crippen molar-refractivity contribution in [2.24, 2.45) is 5.14 Å². The molecule has 0 fully saturated rings. The van der Waals surface area contributed by atoms with E-state index in [9.17, 15) is 13.2 Å². The maximum atomic E-state index is 12.2. The molecular formula is C14H21NO5S. The predicted octanol–water partition coefficient (Wildman–Crippen LogP) is 1.48. The highest BCUT2D eigenvalue weighted by Crippen LogP contribution is 2.17. The molecule has 0 aromatic heterocycles. The lowest BCUT2D eigenvalue weighted by atomic mass is 10.1. The van der Waals surface area contributed by atoms with Gasteiger partial charge in [-0.1, -0.05) is 13.0 Å². The van der Waals surface area contributed by atoms with Gasteiger partial charge in [-0.2, -0.15) is 0 Å². The van der Waals surface area contributed by atoms with Crippen LogP contribution in [0.2, 0.25) is 0 Å². The number of aryl methyl sites for hydroxylation is 1. The number of sulfonamides is 1. The quantitative estimate of drug-likeness (QED) is 0.769. The van der Waals surface area contributed by atoms with E-state index in [0.717, 1.165) is 0 Å². The van der Waals surface area contributed by atoms with Crippen molar-refractivity contribution >= 4 is 16.0 Å². The first-order valence-electron chi connectivity index (χ1n) is 6.74. The summed E-state index contributed by atoms with van der Waals surface area (Å²) in [6.45, 7) is 6.25. The van der Waals surface area contributed by atoms with Crippen molar-refractivity contribution in [3.63, 3.8) is 0 Å². The average Bonchev–Trinajstić information content (AvgIpc) is 2.43. The van der Waals surface area contributed by atoms with Gasteiger partial charge in [0.2, 0.25) is 10.0 Å². The first-order chi connectivity index (χ1) is 9.79. The fourth-order valence-electron chi connectivity index (χ4n) is 1.79. The summed E-state index contributed by atoms with van der Waals surface area (Å²) in [5.74, 6) is -0.579. The predicted molar refractivity (Wildman–Crippen MR) is 78.6 cm³/mol. The number of carbonyl (C=O) groups excluding carboxylic acids is 1. The van der Waals surface area contributed by atoms with E-state index in [0.29, 0.717) is 25.2 Å². The molecule has 0 heterocycles. The number of carbonyl (C=O) groups is 1. The number of nitrogens with two attached hydrogens (primary N) is 1. The number of primary sulfonamides is 1. The van der Waals surface area contributed by atoms with Gasteiger partial charge < -0.3 is 9.47 Å². The number of rotatable bonds is 7. The summed E-state index contributed by atoms with van der Waals surface area (Å²) >= 11 is 0. The van der Waals surface area contributed by atoms with Crippen molar-refractivity contribution in [2.45, 2.75) is 38.2 Å². The average molecular weight is 315 g/mol. The molecule has 118 valence electrons. The minimum absolute atomic E-state index is 0.107. The van der Waals surface area contributed by atoms with Gasteiger partial charge in [-0.05, 0) is 38.0 Å². The van der Waals surface area contributed by atoms with E-state index in [1.54, 1.807) is 13.0 Å². The molecule has 1 aromatic rings. The second-order valence-corrected chi connectivity index (χ2v) is 6.15. The molecule has 21 heavy (non-hydrogen) atoms. The van der Waals surface area contributed by atoms with Gasteiger partial charge in [-0.25, -0.2) is 18.4 Å². The third kappa shape index (κ3) is 5.11. The minimum Gasteiger partial charge on any atom is -0.457 e. The number of esters is 1. The van der Waals surface area contributed by atoms with Gasteiger partial charge in [0.15, 0.2) is 0 Å². The van der Waals surface area contributed by atoms with Crippen molar-refractivity contribution in [3.05, 3.63) is 29.3 Å². The van der Waals surface area contributed by atoms with Crippen molar-refractivity contribution in [3.8, 4) is 0 Å². The number of benzene rings is 1. The van der Waals surface area contributed by atoms with Crippen LogP contribution in [0.1, 0.15) is 36.7 Å². The Bertz CT molecular complexity index is 597. The van der Waals surface area contributed by atoms with Gasteiger partial charge in [0.25, 0.3) is 0 Å². The van der Waals surface area contributed by atoms with E-state index >= 15 is 0 Å². The van der Waals surface area contributed by atoms with Gasteiger partial charge in [0.05, 0.1) is 17.1 Å². The maximum absolute atomic E-state index is 12.2. The molecule has 0 aliphatic rings. The first kappa shape index (κ1) is 17.6. The Balaban J connectivity index is 3.01. The summed E-state index contributed by atoms with van der Waals surface area (Å²) in [6.07, 6.45) is 0.162. The molecule has 0 aliphatic carbocycles. The van der Waals surface area contributed by atoms with E-state index < -0.39 is 22.1 Å². The fraction of sp³-hybridized carbons (Fsp3) is 0.500. The summed E-state index contributed by atoms with van der Waals surface area (Å²) in [7, 11) is -3.86. The Kier molecular flexibility index (Phi) is 6.32. The van der Waals surface area contributed by atoms with Gasteiger partial charge in [-0.3, -0.25) is 0 Å². The molecule has 0 bridgehead atoms. The summed E-state index contributed by atoms with van der Waals surface area (Å²) < 4.78 is 33.2. The third-order valence-electron chi connectivity index (χ3n) is 2.88. The zero-order chi connectivity index (χ0) is 16.0. The zero-order valence-corrected chi connectivity index (χ0v) is 13.3. The Labute approximate surface area is 125 Å². The molecule has 0 radical (unpaired) electrons. The van der Waals surface area contributed by atoms with Gasteiger partial charge in [0, 0.05) is 6.61 Å². The Morgan fingerprint density at radius 1 is 1.33 bits per heavy atom. The van der Waals surface area contributed by atoms with Crippen LogP contribution < -0.4 is 5.14 Å². The molecule has 0 saturated carbocycles. The molecule has 2 N–H and O–H groups in total. The van der Waals surface area contributed by atoms with Crippen LogP contribution in [0.25, 0.3) is 0 Å². The minimum atomic E-state index is -3.86. The van der Waals surface area contributed by atoms with Gasteiger partial charge in [-0.15, -0.1) is 0 Å². The van der Waals surface area contributed by atoms with Crippen LogP contribution in [0.5, 0.6) is 0 Å². The highest BCUT2D eigenvalue weighted by molar-refractivity contribution is 7.89. The number of hydrogen-bond donors (Lipinski definition) is 1. The van der Waals surface area contributed by atoms with Crippen LogP contribution in [-0.4, -0.2) is 33.7 Å². The molecule has 1 aromatic carbocycles. The lowest BCUT2D eigenvalue weighted by molar-refractivity contribution is 0.00428. The molecule has 7 heteroatoms. The van der Waals surface area contributed by atoms with E-state index in [1.165, 1.54) is 12.1 Å². The molecule has 1 atom stereocenters. The van der Waals surface area contributed by atoms with Crippen LogP contribution in [0, 0.1) is 0 Å². The van der Waals surface area contributed by atoms with E-state index in [4.69, 9.17) is 14.6 Å². The van der Waals surface area contributed by atoms with Crippen molar-refractivity contribution in [1.82, 2.24) is 0 Å². The lowest BCUT2D eigenvalue weighted by Gasteiger charge is -2.15. The van der Waals surface area contributed by atoms with Crippen molar-refractivity contribution in [2.75, 3.05) is 13.2 Å². The highest BCUT2D eigenvalue weighted by atomic mass is 32.2. The van der Waals surface area contributed by atoms with Crippen LogP contribution in [-0.2, 0) is 25.9 Å². The second-order valence-electron chi connectivity index (χ2n) is 4.59. The molecule has 6 nitrogen and oxygen atoms in total. The van der Waals surface area contributed by atoms with Crippen LogP contribution in [0.3, 0.4) is 0 Å². The molecule has 0 aliphatic heterocycles. The highest BCUT2D eigenvalue weighted by Gasteiger charge is 2.18. The fourth-order valence-corrected chi connectivity index (χ4v) is 2.33. The molecule has 0 saturated heterocycles. The smallest absolute Gasteiger partial charge is 0.338 e. The van der Waals surface area contributed by atoms with E-state index in [1.807, 2.05) is 13.8 Å². The topological polar surface area (TPSA) is 95.7 Å². The monoisotopic (exact) mass is 315 g/mol.